The number of guanidine groups is 1. The molecule has 0 aliphatic carbocycles. The third-order valence-electron chi connectivity index (χ3n) is 5.49. The smallest absolute Gasteiger partial charge is 0.243 e. The lowest BCUT2D eigenvalue weighted by Crippen LogP contribution is -2.47. The summed E-state index contributed by atoms with van der Waals surface area (Å²) in [7, 11) is 3.50. The number of nitrogens with zero attached hydrogens (tertiary/aromatic N) is 3. The summed E-state index contributed by atoms with van der Waals surface area (Å²) in [6, 6.07) is 4.65. The molecule has 2 atom stereocenters. The van der Waals surface area contributed by atoms with E-state index in [1.807, 2.05) is 11.3 Å². The molecule has 2 saturated heterocycles. The van der Waals surface area contributed by atoms with E-state index in [0.29, 0.717) is 11.9 Å². The Morgan fingerprint density at radius 3 is 2.70 bits per heavy atom. The molecule has 0 bridgehead atoms. The van der Waals surface area contributed by atoms with Gasteiger partial charge >= 0.3 is 0 Å². The van der Waals surface area contributed by atoms with Crippen molar-refractivity contribution in [2.45, 2.75) is 19.4 Å². The summed E-state index contributed by atoms with van der Waals surface area (Å²) < 4.78 is 11.0. The summed E-state index contributed by atoms with van der Waals surface area (Å²) >= 11 is 1.84. The van der Waals surface area contributed by atoms with Crippen LogP contribution in [0.25, 0.3) is 0 Å². The molecule has 9 heteroatoms. The lowest BCUT2D eigenvalue weighted by Gasteiger charge is -2.34. The van der Waals surface area contributed by atoms with Gasteiger partial charge in [0, 0.05) is 62.6 Å². The number of nitrogens with one attached hydrogen (secondary N) is 2. The summed E-state index contributed by atoms with van der Waals surface area (Å²) in [4.78, 5) is 23.3. The second-order valence-electron chi connectivity index (χ2n) is 8.06. The van der Waals surface area contributed by atoms with Gasteiger partial charge in [0.15, 0.2) is 5.96 Å². The number of hydrogen-bond donors (Lipinski definition) is 2. The normalized spacial score (nSPS) is 21.4. The zero-order valence-corrected chi connectivity index (χ0v) is 19.2. The van der Waals surface area contributed by atoms with Gasteiger partial charge in [0.1, 0.15) is 6.54 Å². The predicted molar refractivity (Wildman–Crippen MR) is 120 cm³/mol. The Morgan fingerprint density at radius 1 is 1.27 bits per heavy atom. The molecule has 3 heterocycles. The molecule has 2 fully saturated rings. The van der Waals surface area contributed by atoms with Crippen LogP contribution in [0, 0.1) is 12.8 Å². The molecule has 30 heavy (non-hydrogen) atoms. The largest absolute Gasteiger partial charge is 0.381 e. The van der Waals surface area contributed by atoms with E-state index in [0.717, 1.165) is 59.0 Å². The average Bonchev–Trinajstić information content (AvgIpc) is 3.42. The molecule has 0 spiro atoms. The van der Waals surface area contributed by atoms with Gasteiger partial charge in [0.05, 0.1) is 25.9 Å². The van der Waals surface area contributed by atoms with Gasteiger partial charge in [-0.25, -0.2) is 4.99 Å². The lowest BCUT2D eigenvalue weighted by molar-refractivity contribution is -0.127. The maximum atomic E-state index is 12.0. The number of rotatable bonds is 8. The minimum atomic E-state index is -0.0149. The summed E-state index contributed by atoms with van der Waals surface area (Å²) in [5.41, 5.74) is 0. The third kappa shape index (κ3) is 6.94. The molecule has 1 amide bonds. The van der Waals surface area contributed by atoms with Gasteiger partial charge < -0.3 is 25.0 Å². The highest BCUT2D eigenvalue weighted by Gasteiger charge is 2.24. The van der Waals surface area contributed by atoms with E-state index in [-0.39, 0.29) is 18.5 Å². The molecule has 1 aromatic heterocycles. The van der Waals surface area contributed by atoms with Crippen molar-refractivity contribution in [2.24, 2.45) is 10.9 Å². The minimum absolute atomic E-state index is 0.0149. The second-order valence-corrected chi connectivity index (χ2v) is 9.38. The molecule has 1 aromatic rings. The van der Waals surface area contributed by atoms with Crippen molar-refractivity contribution in [1.82, 2.24) is 20.4 Å². The number of morpholine rings is 1. The van der Waals surface area contributed by atoms with Gasteiger partial charge in [-0.3, -0.25) is 9.69 Å². The van der Waals surface area contributed by atoms with E-state index >= 15 is 0 Å². The van der Waals surface area contributed by atoms with Crippen molar-refractivity contribution in [3.63, 3.8) is 0 Å². The Labute approximate surface area is 183 Å². The summed E-state index contributed by atoms with van der Waals surface area (Å²) in [6.07, 6.45) is 1.06. The summed E-state index contributed by atoms with van der Waals surface area (Å²) in [5.74, 6) is 1.15. The Kier molecular flexibility index (Phi) is 8.92. The van der Waals surface area contributed by atoms with Crippen LogP contribution in [0.5, 0.6) is 0 Å². The van der Waals surface area contributed by atoms with Crippen LogP contribution in [0.4, 0.5) is 0 Å². The van der Waals surface area contributed by atoms with Crippen LogP contribution < -0.4 is 10.6 Å². The number of carbonyl (C=O) groups excluding carboxylic acids is 1. The number of amides is 1. The Bertz CT molecular complexity index is 697. The van der Waals surface area contributed by atoms with Gasteiger partial charge in [-0.15, -0.1) is 11.3 Å². The first-order chi connectivity index (χ1) is 14.5. The molecule has 0 aromatic carbocycles. The highest BCUT2D eigenvalue weighted by Crippen LogP contribution is 2.27. The quantitative estimate of drug-likeness (QED) is 0.468. The van der Waals surface area contributed by atoms with Crippen LogP contribution in [-0.4, -0.2) is 94.9 Å². The number of thiophene rings is 1. The van der Waals surface area contributed by atoms with Crippen molar-refractivity contribution in [2.75, 3.05) is 73.2 Å². The molecule has 168 valence electrons. The maximum absolute atomic E-state index is 12.0. The number of likely N-dealkylation sites (N-methyl/N-ethyl adjacent to an activating group) is 1. The first kappa shape index (κ1) is 23.0. The van der Waals surface area contributed by atoms with E-state index in [2.05, 4.69) is 39.6 Å². The minimum Gasteiger partial charge on any atom is -0.381 e. The lowest BCUT2D eigenvalue weighted by atomic mass is 10.1. The Hall–Kier alpha value is -1.68. The first-order valence-corrected chi connectivity index (χ1v) is 11.5. The van der Waals surface area contributed by atoms with E-state index in [1.54, 1.807) is 19.0 Å². The fourth-order valence-electron chi connectivity index (χ4n) is 3.57. The number of hydrogen-bond acceptors (Lipinski definition) is 6. The molecule has 0 radical (unpaired) electrons. The van der Waals surface area contributed by atoms with E-state index in [1.165, 1.54) is 9.75 Å². The molecular weight excluding hydrogens is 402 g/mol. The standard InChI is InChI=1S/C21H35N5O3S/c1-16-4-5-19(30-16)18(26-7-10-28-11-8-26)13-23-21(24-14-20(27)25(2)3)22-12-17-6-9-29-15-17/h4-5,17-18H,6-15H2,1-3H3,(H2,22,23,24). The summed E-state index contributed by atoms with van der Waals surface area (Å²) in [5, 5.41) is 6.91. The molecule has 3 rings (SSSR count). The Balaban J connectivity index is 1.66. The number of aryl methyl sites for hydroxylation is 1. The van der Waals surface area contributed by atoms with Crippen molar-refractivity contribution in [3.05, 3.63) is 21.9 Å². The molecule has 0 saturated carbocycles. The van der Waals surface area contributed by atoms with Crippen LogP contribution in [0.2, 0.25) is 0 Å². The molecule has 2 aliphatic rings. The van der Waals surface area contributed by atoms with Crippen LogP contribution in [0.15, 0.2) is 17.1 Å². The van der Waals surface area contributed by atoms with Crippen molar-refractivity contribution < 1.29 is 14.3 Å². The topological polar surface area (TPSA) is 78.4 Å². The highest BCUT2D eigenvalue weighted by atomic mass is 32.1. The second kappa shape index (κ2) is 11.6. The SMILES string of the molecule is Cc1ccc(C(CNC(=NCC(=O)N(C)C)NCC2CCOC2)N2CCOCC2)s1. The van der Waals surface area contributed by atoms with Gasteiger partial charge in [0.2, 0.25) is 5.91 Å². The molecule has 2 N–H and O–H groups in total. The maximum Gasteiger partial charge on any atom is 0.243 e. The van der Waals surface area contributed by atoms with Crippen LogP contribution >= 0.6 is 11.3 Å². The molecule has 2 aliphatic heterocycles. The monoisotopic (exact) mass is 437 g/mol. The molecule has 2 unspecified atom stereocenters. The van der Waals surface area contributed by atoms with Crippen molar-refractivity contribution >= 4 is 23.2 Å². The summed E-state index contributed by atoms with van der Waals surface area (Å²) in [6.45, 7) is 8.75. The first-order valence-electron chi connectivity index (χ1n) is 10.7. The van der Waals surface area contributed by atoms with Gasteiger partial charge in [0.25, 0.3) is 0 Å². The van der Waals surface area contributed by atoms with Crippen molar-refractivity contribution in [3.8, 4) is 0 Å². The zero-order chi connectivity index (χ0) is 21.3. The number of aliphatic imine (C=N–C) groups is 1. The van der Waals surface area contributed by atoms with Crippen LogP contribution in [-0.2, 0) is 14.3 Å². The number of ether oxygens (including phenoxy) is 2. The molecule has 8 nitrogen and oxygen atoms in total. The highest BCUT2D eigenvalue weighted by molar-refractivity contribution is 7.12. The number of carbonyl (C=O) groups is 1. The average molecular weight is 438 g/mol. The van der Waals surface area contributed by atoms with E-state index in [9.17, 15) is 4.79 Å². The van der Waals surface area contributed by atoms with Gasteiger partial charge in [-0.2, -0.15) is 0 Å². The van der Waals surface area contributed by atoms with Crippen LogP contribution in [0.3, 0.4) is 0 Å². The fourth-order valence-corrected chi connectivity index (χ4v) is 4.58. The zero-order valence-electron chi connectivity index (χ0n) is 18.4. The van der Waals surface area contributed by atoms with Crippen molar-refractivity contribution in [1.29, 1.82) is 0 Å². The predicted octanol–water partition coefficient (Wildman–Crippen LogP) is 1.09. The van der Waals surface area contributed by atoms with Gasteiger partial charge in [-0.1, -0.05) is 0 Å². The van der Waals surface area contributed by atoms with E-state index in [4.69, 9.17) is 9.47 Å². The van der Waals surface area contributed by atoms with E-state index < -0.39 is 0 Å². The third-order valence-corrected chi connectivity index (χ3v) is 6.59. The molecular formula is C21H35N5O3S. The fraction of sp³-hybridized carbons (Fsp3) is 0.714. The Morgan fingerprint density at radius 2 is 2.07 bits per heavy atom. The van der Waals surface area contributed by atoms with Gasteiger partial charge in [-0.05, 0) is 25.5 Å². The van der Waals surface area contributed by atoms with Crippen LogP contribution in [0.1, 0.15) is 22.2 Å².